The molecule has 1 aromatic rings. The zero-order valence-corrected chi connectivity index (χ0v) is 19.4. The van der Waals surface area contributed by atoms with Crippen LogP contribution in [0.3, 0.4) is 0 Å². The second kappa shape index (κ2) is 18.0. The summed E-state index contributed by atoms with van der Waals surface area (Å²) in [5.74, 6) is -0.277. The fourth-order valence-electron chi connectivity index (χ4n) is 3.82. The standard InChI is InChI=1S/C24H42O4S.K.H/c1-3-5-7-9-11-12-13-15-17-21-19-22(18-16-14-10-8-6-4-2)24(25)23(20-21)29(26,27)28;;/h19-20,25H,3-18H2,1-2H3,(H,26,27,28);;. The van der Waals surface area contributed by atoms with E-state index in [0.29, 0.717) is 12.0 Å². The fourth-order valence-corrected chi connectivity index (χ4v) is 4.49. The third-order valence-corrected chi connectivity index (χ3v) is 6.48. The summed E-state index contributed by atoms with van der Waals surface area (Å²) >= 11 is 0. The van der Waals surface area contributed by atoms with E-state index < -0.39 is 10.1 Å². The minimum absolute atomic E-state index is 0. The second-order valence-corrected chi connectivity index (χ2v) is 9.71. The van der Waals surface area contributed by atoms with Gasteiger partial charge in [-0.15, -0.1) is 0 Å². The summed E-state index contributed by atoms with van der Waals surface area (Å²) in [6.07, 6.45) is 18.0. The fraction of sp³-hybridized carbons (Fsp3) is 0.750. The number of phenolic OH excluding ortho intramolecular Hbond substituents is 1. The molecule has 0 unspecified atom stereocenters. The predicted molar refractivity (Wildman–Crippen MR) is 128 cm³/mol. The first-order valence-corrected chi connectivity index (χ1v) is 13.2. The molecule has 1 rings (SSSR count). The van der Waals surface area contributed by atoms with Crippen molar-refractivity contribution in [2.24, 2.45) is 0 Å². The quantitative estimate of drug-likeness (QED) is 0.154. The van der Waals surface area contributed by atoms with Crippen LogP contribution in [0.15, 0.2) is 17.0 Å². The predicted octanol–water partition coefficient (Wildman–Crippen LogP) is 6.58. The van der Waals surface area contributed by atoms with Gasteiger partial charge in [-0.3, -0.25) is 4.55 Å². The first-order chi connectivity index (χ1) is 13.9. The number of rotatable bonds is 17. The summed E-state index contributed by atoms with van der Waals surface area (Å²) < 4.78 is 32.9. The number of aromatic hydroxyl groups is 1. The third kappa shape index (κ3) is 13.2. The monoisotopic (exact) mass is 466 g/mol. The van der Waals surface area contributed by atoms with E-state index in [1.165, 1.54) is 63.9 Å². The summed E-state index contributed by atoms with van der Waals surface area (Å²) in [6.45, 7) is 4.41. The maximum absolute atomic E-state index is 11.7. The van der Waals surface area contributed by atoms with E-state index in [-0.39, 0.29) is 62.0 Å². The van der Waals surface area contributed by atoms with Gasteiger partial charge in [0.15, 0.2) is 0 Å². The van der Waals surface area contributed by atoms with E-state index in [0.717, 1.165) is 44.1 Å². The molecule has 0 aliphatic rings. The van der Waals surface area contributed by atoms with Crippen LogP contribution in [0.25, 0.3) is 0 Å². The van der Waals surface area contributed by atoms with Crippen molar-refractivity contribution in [3.63, 3.8) is 0 Å². The van der Waals surface area contributed by atoms with Crippen molar-refractivity contribution in [3.8, 4) is 5.75 Å². The molecule has 0 saturated heterocycles. The molecule has 6 heteroatoms. The Bertz CT molecular complexity index is 674. The van der Waals surface area contributed by atoms with E-state index in [4.69, 9.17) is 0 Å². The Morgan fingerprint density at radius 2 is 1.13 bits per heavy atom. The van der Waals surface area contributed by atoms with Gasteiger partial charge in [0, 0.05) is 0 Å². The molecule has 0 fully saturated rings. The van der Waals surface area contributed by atoms with Gasteiger partial charge in [0.2, 0.25) is 0 Å². The molecule has 0 saturated carbocycles. The molecular formula is C24H43KO4S. The summed E-state index contributed by atoms with van der Waals surface area (Å²) in [4.78, 5) is -0.337. The molecule has 170 valence electrons. The van der Waals surface area contributed by atoms with Gasteiger partial charge < -0.3 is 5.11 Å². The van der Waals surface area contributed by atoms with Gasteiger partial charge in [-0.25, -0.2) is 0 Å². The Morgan fingerprint density at radius 3 is 1.60 bits per heavy atom. The van der Waals surface area contributed by atoms with Crippen LogP contribution in [0, 0.1) is 0 Å². The van der Waals surface area contributed by atoms with Crippen molar-refractivity contribution >= 4 is 61.5 Å². The first-order valence-electron chi connectivity index (χ1n) is 11.7. The van der Waals surface area contributed by atoms with E-state index >= 15 is 0 Å². The van der Waals surface area contributed by atoms with Crippen LogP contribution in [0.4, 0.5) is 0 Å². The van der Waals surface area contributed by atoms with Crippen LogP contribution in [0.2, 0.25) is 0 Å². The Morgan fingerprint density at radius 1 is 0.700 bits per heavy atom. The van der Waals surface area contributed by atoms with Crippen LogP contribution in [0.1, 0.15) is 115 Å². The van der Waals surface area contributed by atoms with Crippen LogP contribution < -0.4 is 0 Å². The van der Waals surface area contributed by atoms with Crippen molar-refractivity contribution in [2.45, 2.75) is 121 Å². The average Bonchev–Trinajstić information content (AvgIpc) is 2.67. The van der Waals surface area contributed by atoms with Crippen LogP contribution in [-0.4, -0.2) is 69.5 Å². The molecule has 4 nitrogen and oxygen atoms in total. The zero-order valence-electron chi connectivity index (χ0n) is 18.6. The van der Waals surface area contributed by atoms with Crippen molar-refractivity contribution < 1.29 is 18.1 Å². The Kier molecular flexibility index (Phi) is 18.4. The summed E-state index contributed by atoms with van der Waals surface area (Å²) in [5.41, 5.74) is 1.53. The van der Waals surface area contributed by atoms with Gasteiger partial charge in [-0.1, -0.05) is 97.0 Å². The molecule has 1 aromatic carbocycles. The molecule has 0 bridgehead atoms. The van der Waals surface area contributed by atoms with Crippen molar-refractivity contribution in [1.82, 2.24) is 0 Å². The Labute approximate surface area is 227 Å². The summed E-state index contributed by atoms with van der Waals surface area (Å²) in [5, 5.41) is 10.4. The third-order valence-electron chi connectivity index (χ3n) is 5.61. The number of phenols is 1. The molecule has 0 aliphatic heterocycles. The van der Waals surface area contributed by atoms with E-state index in [9.17, 15) is 18.1 Å². The van der Waals surface area contributed by atoms with Gasteiger partial charge in [-0.2, -0.15) is 8.42 Å². The van der Waals surface area contributed by atoms with Gasteiger partial charge in [0.25, 0.3) is 10.1 Å². The topological polar surface area (TPSA) is 74.6 Å². The molecule has 0 radical (unpaired) electrons. The molecular weight excluding hydrogens is 423 g/mol. The SMILES string of the molecule is CCCCCCCCCCc1cc(CCCCCCCC)c(O)c(S(=O)(=O)O)c1.[KH]. The minimum atomic E-state index is -4.42. The molecule has 0 atom stereocenters. The number of unbranched alkanes of at least 4 members (excludes halogenated alkanes) is 12. The van der Waals surface area contributed by atoms with Crippen molar-refractivity contribution in [3.05, 3.63) is 23.3 Å². The van der Waals surface area contributed by atoms with Crippen LogP contribution in [-0.2, 0) is 23.0 Å². The Hall–Kier alpha value is 0.566. The van der Waals surface area contributed by atoms with Crippen molar-refractivity contribution in [1.29, 1.82) is 0 Å². The number of benzene rings is 1. The Balaban J connectivity index is 0.00000841. The van der Waals surface area contributed by atoms with Gasteiger partial charge in [-0.05, 0) is 42.9 Å². The zero-order chi connectivity index (χ0) is 21.5. The normalized spacial score (nSPS) is 11.4. The van der Waals surface area contributed by atoms with Gasteiger partial charge >= 0.3 is 51.4 Å². The van der Waals surface area contributed by atoms with E-state index in [2.05, 4.69) is 13.8 Å². The molecule has 0 aliphatic carbocycles. The molecule has 0 amide bonds. The van der Waals surface area contributed by atoms with E-state index in [1.807, 2.05) is 6.07 Å². The number of hydrogen-bond acceptors (Lipinski definition) is 3. The van der Waals surface area contributed by atoms with Crippen LogP contribution >= 0.6 is 0 Å². The molecule has 0 spiro atoms. The van der Waals surface area contributed by atoms with Crippen LogP contribution in [0.5, 0.6) is 5.75 Å². The van der Waals surface area contributed by atoms with Gasteiger partial charge in [0.05, 0.1) is 0 Å². The molecule has 30 heavy (non-hydrogen) atoms. The average molecular weight is 467 g/mol. The first kappa shape index (κ1) is 30.6. The van der Waals surface area contributed by atoms with Gasteiger partial charge in [0.1, 0.15) is 10.6 Å². The molecule has 0 heterocycles. The molecule has 0 aromatic heterocycles. The second-order valence-electron chi connectivity index (χ2n) is 8.32. The number of hydrogen-bond donors (Lipinski definition) is 2. The van der Waals surface area contributed by atoms with E-state index in [1.54, 1.807) is 0 Å². The maximum atomic E-state index is 11.7. The number of aryl methyl sites for hydroxylation is 2. The molecule has 2 N–H and O–H groups in total. The summed E-state index contributed by atoms with van der Waals surface area (Å²) in [7, 11) is -4.42. The summed E-state index contributed by atoms with van der Waals surface area (Å²) in [6, 6.07) is 3.37. The van der Waals surface area contributed by atoms with Crippen molar-refractivity contribution in [2.75, 3.05) is 0 Å².